The molecular formula is C10H2N4. The highest BCUT2D eigenvalue weighted by Gasteiger charge is 2.09. The predicted molar refractivity (Wildman–Crippen MR) is 46.8 cm³/mol. The Balaban J connectivity index is 3.99. The van der Waals surface area contributed by atoms with Crippen molar-refractivity contribution in [3.05, 3.63) is 40.2 Å². The number of nitrogens with zero attached hydrogens (tertiary/aromatic N) is 4. The van der Waals surface area contributed by atoms with Crippen LogP contribution in [0.15, 0.2) is 12.1 Å². The van der Waals surface area contributed by atoms with Crippen LogP contribution in [0.1, 0.15) is 19.4 Å². The molecule has 0 saturated carbocycles. The van der Waals surface area contributed by atoms with Crippen LogP contribution in [-0.2, 0) is 0 Å². The van der Waals surface area contributed by atoms with Crippen molar-refractivity contribution in [3.63, 3.8) is 0 Å². The van der Waals surface area contributed by atoms with Gasteiger partial charge in [-0.2, -0.15) is 15.8 Å². The summed E-state index contributed by atoms with van der Waals surface area (Å²) in [5.74, 6) is 0. The lowest BCUT2D eigenvalue weighted by molar-refractivity contribution is 1.41. The van der Waals surface area contributed by atoms with Gasteiger partial charge < -0.3 is 0 Å². The van der Waals surface area contributed by atoms with Gasteiger partial charge in [0.2, 0.25) is 5.69 Å². The van der Waals surface area contributed by atoms with E-state index in [9.17, 15) is 0 Å². The molecule has 1 aromatic rings. The third kappa shape index (κ3) is 1.37. The molecule has 0 aromatic heterocycles. The van der Waals surface area contributed by atoms with E-state index in [0.717, 1.165) is 0 Å². The summed E-state index contributed by atoms with van der Waals surface area (Å²) in [4.78, 5) is 2.95. The van der Waals surface area contributed by atoms with Gasteiger partial charge in [0.05, 0.1) is 38.6 Å². The van der Waals surface area contributed by atoms with Crippen LogP contribution in [0.2, 0.25) is 0 Å². The second-order valence-corrected chi connectivity index (χ2v) is 2.17. The van der Waals surface area contributed by atoms with Crippen molar-refractivity contribution in [1.82, 2.24) is 0 Å². The highest BCUT2D eigenvalue weighted by molar-refractivity contribution is 5.67. The Morgan fingerprint density at radius 1 is 1.21 bits per heavy atom. The fourth-order valence-electron chi connectivity index (χ4n) is 0.851. The lowest BCUT2D eigenvalue weighted by atomic mass is 10.0. The summed E-state index contributed by atoms with van der Waals surface area (Å²) in [6, 6.07) is 3.86. The zero-order chi connectivity index (χ0) is 12.3. The Labute approximate surface area is 83.5 Å². The van der Waals surface area contributed by atoms with E-state index in [2.05, 4.69) is 4.85 Å². The minimum absolute atomic E-state index is 0.313. The molecule has 14 heavy (non-hydrogen) atoms. The van der Waals surface area contributed by atoms with E-state index in [1.54, 1.807) is 18.2 Å². The average molecular weight is 180 g/mol. The summed E-state index contributed by atoms with van der Waals surface area (Å²) in [6.07, 6.45) is 0. The monoisotopic (exact) mass is 180 g/mol. The van der Waals surface area contributed by atoms with E-state index in [4.69, 9.17) is 25.1 Å². The summed E-state index contributed by atoms with van der Waals surface area (Å²) >= 11 is 0. The zero-order valence-corrected chi connectivity index (χ0v) is 6.79. The van der Waals surface area contributed by atoms with Gasteiger partial charge in [0.1, 0.15) is 0 Å². The van der Waals surface area contributed by atoms with Gasteiger partial charge in [-0.3, -0.25) is 0 Å². The first-order valence-electron chi connectivity index (χ1n) is 4.37. The van der Waals surface area contributed by atoms with Crippen LogP contribution in [0.4, 0.5) is 5.69 Å². The second-order valence-electron chi connectivity index (χ2n) is 2.17. The van der Waals surface area contributed by atoms with Crippen LogP contribution in [0.5, 0.6) is 0 Å². The van der Waals surface area contributed by atoms with Crippen LogP contribution in [-0.4, -0.2) is 0 Å². The van der Waals surface area contributed by atoms with Gasteiger partial charge in [0.15, 0.2) is 0 Å². The first-order valence-corrected chi connectivity index (χ1v) is 3.37. The van der Waals surface area contributed by atoms with Crippen molar-refractivity contribution in [2.45, 2.75) is 0 Å². The van der Waals surface area contributed by atoms with Crippen LogP contribution < -0.4 is 0 Å². The molecule has 4 heteroatoms. The molecule has 0 aliphatic heterocycles. The summed E-state index contributed by atoms with van der Waals surface area (Å²) < 4.78 is 15.0. The molecule has 0 saturated heterocycles. The van der Waals surface area contributed by atoms with Gasteiger partial charge in [-0.1, -0.05) is 0 Å². The summed E-state index contributed by atoms with van der Waals surface area (Å²) in [5, 5.41) is 26.3. The van der Waals surface area contributed by atoms with Crippen LogP contribution in [0, 0.1) is 40.6 Å². The molecule has 1 rings (SSSR count). The van der Waals surface area contributed by atoms with E-state index in [1.807, 2.05) is 0 Å². The fourth-order valence-corrected chi connectivity index (χ4v) is 0.851. The molecule has 0 aliphatic rings. The quantitative estimate of drug-likeness (QED) is 0.571. The molecule has 0 amide bonds. The first-order chi connectivity index (χ1) is 7.62. The van der Waals surface area contributed by atoms with Crippen molar-refractivity contribution in [1.29, 1.82) is 15.8 Å². The number of benzene rings is 1. The van der Waals surface area contributed by atoms with Crippen molar-refractivity contribution in [2.75, 3.05) is 0 Å². The molecule has 0 N–H and O–H groups in total. The standard InChI is InChI=1S/C10H2N4/c1-14-10-3-7(4-11)2-8(5-12)9(10)6-13/h2-3H/i2D,3D. The fraction of sp³-hybridized carbons (Fsp3) is 0. The Hall–Kier alpha value is -2.82. The van der Waals surface area contributed by atoms with E-state index in [1.165, 1.54) is 0 Å². The van der Waals surface area contributed by atoms with Crippen LogP contribution in [0.25, 0.3) is 4.85 Å². The van der Waals surface area contributed by atoms with Crippen LogP contribution >= 0.6 is 0 Å². The third-order valence-electron chi connectivity index (χ3n) is 1.43. The molecule has 62 valence electrons. The number of hydrogen-bond acceptors (Lipinski definition) is 3. The van der Waals surface area contributed by atoms with Gasteiger partial charge in [0, 0.05) is 5.56 Å². The van der Waals surface area contributed by atoms with Crippen molar-refractivity contribution < 1.29 is 2.74 Å². The van der Waals surface area contributed by atoms with Crippen LogP contribution in [0.3, 0.4) is 0 Å². The molecule has 4 nitrogen and oxygen atoms in total. The molecule has 0 fully saturated rings. The van der Waals surface area contributed by atoms with E-state index < -0.39 is 12.1 Å². The maximum atomic E-state index is 8.78. The Kier molecular flexibility index (Phi) is 1.77. The molecule has 0 atom stereocenters. The number of hydrogen-bond donors (Lipinski definition) is 0. The summed E-state index contributed by atoms with van der Waals surface area (Å²) in [5.41, 5.74) is -1.36. The molecule has 0 unspecified atom stereocenters. The maximum Gasteiger partial charge on any atom is 0.207 e. The highest BCUT2D eigenvalue weighted by Crippen LogP contribution is 2.23. The second kappa shape index (κ2) is 3.72. The number of nitriles is 3. The van der Waals surface area contributed by atoms with Gasteiger partial charge in [-0.25, -0.2) is 4.85 Å². The zero-order valence-electron chi connectivity index (χ0n) is 8.79. The van der Waals surface area contributed by atoms with Gasteiger partial charge in [0.25, 0.3) is 0 Å². The lowest BCUT2D eigenvalue weighted by Gasteiger charge is -1.97. The van der Waals surface area contributed by atoms with E-state index >= 15 is 0 Å². The van der Waals surface area contributed by atoms with Crippen molar-refractivity contribution >= 4 is 5.69 Å². The molecule has 0 aliphatic carbocycles. The van der Waals surface area contributed by atoms with Gasteiger partial charge in [-0.05, 0) is 12.1 Å². The van der Waals surface area contributed by atoms with Gasteiger partial charge in [-0.15, -0.1) is 0 Å². The average Bonchev–Trinajstić information content (AvgIpc) is 2.29. The molecule has 1 aromatic carbocycles. The predicted octanol–water partition coefficient (Wildman–Crippen LogP) is 1.85. The van der Waals surface area contributed by atoms with Gasteiger partial charge >= 0.3 is 0 Å². The molecule has 0 spiro atoms. The lowest BCUT2D eigenvalue weighted by Crippen LogP contribution is -1.86. The SMILES string of the molecule is [2H]c1c(C#N)c([2H])c([N+]#[C-])c(C#N)c1C#N. The van der Waals surface area contributed by atoms with E-state index in [-0.39, 0.29) is 22.4 Å². The number of rotatable bonds is 0. The minimum atomic E-state index is -0.474. The Morgan fingerprint density at radius 3 is 2.36 bits per heavy atom. The summed E-state index contributed by atoms with van der Waals surface area (Å²) in [7, 11) is 0. The molecule has 0 radical (unpaired) electrons. The maximum absolute atomic E-state index is 8.78. The first kappa shape index (κ1) is 6.67. The largest absolute Gasteiger partial charge is 0.237 e. The molecule has 0 heterocycles. The van der Waals surface area contributed by atoms with Crippen molar-refractivity contribution in [3.8, 4) is 18.2 Å². The highest BCUT2D eigenvalue weighted by atomic mass is 14.6. The normalized spacial score (nSPS) is 9.71. The van der Waals surface area contributed by atoms with E-state index in [0.29, 0.717) is 0 Å². The molecular weight excluding hydrogens is 176 g/mol. The Bertz CT molecular complexity index is 594. The molecule has 0 bridgehead atoms. The van der Waals surface area contributed by atoms with Crippen molar-refractivity contribution in [2.24, 2.45) is 0 Å². The topological polar surface area (TPSA) is 75.7 Å². The summed E-state index contributed by atoms with van der Waals surface area (Å²) in [6.45, 7) is 6.82. The Morgan fingerprint density at radius 2 is 1.93 bits per heavy atom. The third-order valence-corrected chi connectivity index (χ3v) is 1.43. The minimum Gasteiger partial charge on any atom is -0.237 e. The smallest absolute Gasteiger partial charge is 0.207 e.